The maximum Gasteiger partial charge on any atom is 0.329 e. The van der Waals surface area contributed by atoms with Crippen molar-refractivity contribution in [3.63, 3.8) is 0 Å². The second-order valence-electron chi connectivity index (χ2n) is 8.81. The van der Waals surface area contributed by atoms with E-state index in [0.717, 1.165) is 19.3 Å². The molecule has 2 unspecified atom stereocenters. The molecule has 1 heterocycles. The Bertz CT molecular complexity index is 702. The second-order valence-corrected chi connectivity index (χ2v) is 8.81. The number of amides is 1. The van der Waals surface area contributed by atoms with Crippen LogP contribution in [0.3, 0.4) is 0 Å². The lowest BCUT2D eigenvalue weighted by Crippen LogP contribution is -2.53. The average Bonchev–Trinajstić information content (AvgIpc) is 3.14. The molecule has 0 saturated heterocycles. The summed E-state index contributed by atoms with van der Waals surface area (Å²) >= 11 is 0. The Morgan fingerprint density at radius 1 is 1.11 bits per heavy atom. The van der Waals surface area contributed by atoms with E-state index in [9.17, 15) is 14.4 Å². The molecule has 6 nitrogen and oxygen atoms in total. The average molecular weight is 373 g/mol. The van der Waals surface area contributed by atoms with E-state index >= 15 is 0 Å². The second kappa shape index (κ2) is 6.80. The number of ether oxygens (including phenoxy) is 1. The predicted molar refractivity (Wildman–Crippen MR) is 96.8 cm³/mol. The van der Waals surface area contributed by atoms with E-state index < -0.39 is 24.0 Å². The summed E-state index contributed by atoms with van der Waals surface area (Å²) in [6.07, 6.45) is 7.24. The lowest BCUT2D eigenvalue weighted by molar-refractivity contribution is -0.165. The van der Waals surface area contributed by atoms with E-state index in [4.69, 9.17) is 9.15 Å². The Morgan fingerprint density at radius 2 is 1.70 bits per heavy atom. The first-order valence-electron chi connectivity index (χ1n) is 9.95. The standard InChI is InChI=1S/C21H27NO5/c1-12(22-19(24)17-4-3-5-26-17)20(25)27-13(2)18(23)21-9-14-6-15(10-21)8-16(7-14)11-21/h3-5,12-16H,6-11H2,1-2H3,(H,22,24). The Hall–Kier alpha value is -2.11. The van der Waals surface area contributed by atoms with Crippen LogP contribution in [-0.2, 0) is 14.3 Å². The highest BCUT2D eigenvalue weighted by Crippen LogP contribution is 2.60. The molecule has 4 saturated carbocycles. The molecule has 0 aromatic carbocycles. The van der Waals surface area contributed by atoms with Gasteiger partial charge in [0.1, 0.15) is 6.04 Å². The molecule has 4 aliphatic carbocycles. The van der Waals surface area contributed by atoms with Gasteiger partial charge in [-0.3, -0.25) is 9.59 Å². The van der Waals surface area contributed by atoms with E-state index in [2.05, 4.69) is 5.32 Å². The Labute approximate surface area is 159 Å². The van der Waals surface area contributed by atoms with Crippen LogP contribution in [0.1, 0.15) is 62.9 Å². The van der Waals surface area contributed by atoms with Gasteiger partial charge in [0, 0.05) is 5.41 Å². The molecule has 146 valence electrons. The van der Waals surface area contributed by atoms with Crippen molar-refractivity contribution in [3.8, 4) is 0 Å². The van der Waals surface area contributed by atoms with Gasteiger partial charge >= 0.3 is 5.97 Å². The smallest absolute Gasteiger partial charge is 0.329 e. The molecule has 4 fully saturated rings. The zero-order chi connectivity index (χ0) is 19.2. The fourth-order valence-corrected chi connectivity index (χ4v) is 5.91. The minimum atomic E-state index is -0.853. The summed E-state index contributed by atoms with van der Waals surface area (Å²) in [6, 6.07) is 2.27. The Morgan fingerprint density at radius 3 is 2.22 bits per heavy atom. The molecule has 0 radical (unpaired) electrons. The number of furan rings is 1. The molecule has 27 heavy (non-hydrogen) atoms. The van der Waals surface area contributed by atoms with Crippen LogP contribution in [0.5, 0.6) is 0 Å². The molecular weight excluding hydrogens is 346 g/mol. The highest BCUT2D eigenvalue weighted by atomic mass is 16.5. The SMILES string of the molecule is CC(NC(=O)c1ccco1)C(=O)OC(C)C(=O)C12CC3CC(CC(C3)C1)C2. The number of carbonyl (C=O) groups excluding carboxylic acids is 3. The summed E-state index contributed by atoms with van der Waals surface area (Å²) in [5.74, 6) is 1.11. The van der Waals surface area contributed by atoms with E-state index in [-0.39, 0.29) is 17.0 Å². The molecule has 1 aromatic rings. The maximum absolute atomic E-state index is 13.2. The van der Waals surface area contributed by atoms with Gasteiger partial charge < -0.3 is 14.5 Å². The van der Waals surface area contributed by atoms with Gasteiger partial charge in [-0.05, 0) is 82.3 Å². The van der Waals surface area contributed by atoms with Gasteiger partial charge in [0.2, 0.25) is 0 Å². The van der Waals surface area contributed by atoms with E-state index in [1.807, 2.05) is 0 Å². The predicted octanol–water partition coefficient (Wildman–Crippen LogP) is 3.12. The van der Waals surface area contributed by atoms with E-state index in [1.165, 1.54) is 31.6 Å². The summed E-state index contributed by atoms with van der Waals surface area (Å²) in [5, 5.41) is 2.54. The normalized spacial score (nSPS) is 33.3. The lowest BCUT2D eigenvalue weighted by Gasteiger charge is -2.56. The fraction of sp³-hybridized carbons (Fsp3) is 0.667. The molecule has 6 heteroatoms. The van der Waals surface area contributed by atoms with Gasteiger partial charge in [-0.1, -0.05) is 0 Å². The number of ketones is 1. The number of carbonyl (C=O) groups is 3. The summed E-state index contributed by atoms with van der Waals surface area (Å²) in [5.41, 5.74) is -0.297. The molecule has 0 aliphatic heterocycles. The third kappa shape index (κ3) is 3.42. The minimum Gasteiger partial charge on any atom is -0.459 e. The molecular formula is C21H27NO5. The van der Waals surface area contributed by atoms with Crippen LogP contribution < -0.4 is 5.32 Å². The van der Waals surface area contributed by atoms with Crippen LogP contribution in [0.15, 0.2) is 22.8 Å². The number of rotatable bonds is 6. The molecule has 5 rings (SSSR count). The van der Waals surface area contributed by atoms with Crippen molar-refractivity contribution < 1.29 is 23.5 Å². The number of Topliss-reactive ketones (excluding diaryl/α,β-unsaturated/α-hetero) is 1. The van der Waals surface area contributed by atoms with Gasteiger partial charge in [0.15, 0.2) is 17.6 Å². The van der Waals surface area contributed by atoms with E-state index in [1.54, 1.807) is 19.9 Å². The minimum absolute atomic E-state index is 0.0690. The summed E-state index contributed by atoms with van der Waals surface area (Å²) in [7, 11) is 0. The summed E-state index contributed by atoms with van der Waals surface area (Å²) in [6.45, 7) is 3.21. The highest BCUT2D eigenvalue weighted by molar-refractivity contribution is 5.95. The van der Waals surface area contributed by atoms with Crippen LogP contribution in [0.2, 0.25) is 0 Å². The Kier molecular flexibility index (Phi) is 4.60. The maximum atomic E-state index is 13.2. The van der Waals surface area contributed by atoms with Crippen molar-refractivity contribution in [1.82, 2.24) is 5.32 Å². The molecule has 4 bridgehead atoms. The lowest BCUT2D eigenvalue weighted by atomic mass is 9.48. The molecule has 1 amide bonds. The molecule has 2 atom stereocenters. The van der Waals surface area contributed by atoms with Crippen LogP contribution in [0.4, 0.5) is 0 Å². The number of nitrogens with one attached hydrogen (secondary N) is 1. The third-order valence-corrected chi connectivity index (χ3v) is 6.67. The Balaban J connectivity index is 1.35. The van der Waals surface area contributed by atoms with Crippen LogP contribution in [0.25, 0.3) is 0 Å². The largest absolute Gasteiger partial charge is 0.459 e. The zero-order valence-electron chi connectivity index (χ0n) is 15.9. The van der Waals surface area contributed by atoms with Gasteiger partial charge in [-0.25, -0.2) is 4.79 Å². The molecule has 1 aromatic heterocycles. The first-order valence-corrected chi connectivity index (χ1v) is 9.95. The van der Waals surface area contributed by atoms with E-state index in [0.29, 0.717) is 17.8 Å². The third-order valence-electron chi connectivity index (χ3n) is 6.67. The van der Waals surface area contributed by atoms with Gasteiger partial charge in [-0.15, -0.1) is 0 Å². The molecule has 4 aliphatic rings. The van der Waals surface area contributed by atoms with Gasteiger partial charge in [0.25, 0.3) is 5.91 Å². The van der Waals surface area contributed by atoms with Crippen molar-refractivity contribution in [2.45, 2.75) is 64.5 Å². The number of hydrogen-bond acceptors (Lipinski definition) is 5. The highest BCUT2D eigenvalue weighted by Gasteiger charge is 2.55. The molecule has 1 N–H and O–H groups in total. The van der Waals surface area contributed by atoms with Crippen molar-refractivity contribution >= 4 is 17.7 Å². The first kappa shape index (κ1) is 18.3. The monoisotopic (exact) mass is 373 g/mol. The van der Waals surface area contributed by atoms with Crippen molar-refractivity contribution in [3.05, 3.63) is 24.2 Å². The van der Waals surface area contributed by atoms with Gasteiger partial charge in [-0.2, -0.15) is 0 Å². The fourth-order valence-electron chi connectivity index (χ4n) is 5.91. The quantitative estimate of drug-likeness (QED) is 0.775. The van der Waals surface area contributed by atoms with Crippen LogP contribution in [0, 0.1) is 23.2 Å². The van der Waals surface area contributed by atoms with Crippen LogP contribution in [-0.4, -0.2) is 29.8 Å². The van der Waals surface area contributed by atoms with Crippen LogP contribution >= 0.6 is 0 Å². The van der Waals surface area contributed by atoms with Crippen molar-refractivity contribution in [2.24, 2.45) is 23.2 Å². The first-order chi connectivity index (χ1) is 12.9. The topological polar surface area (TPSA) is 85.6 Å². The summed E-state index contributed by atoms with van der Waals surface area (Å²) < 4.78 is 10.5. The molecule has 0 spiro atoms. The number of hydrogen-bond donors (Lipinski definition) is 1. The van der Waals surface area contributed by atoms with Gasteiger partial charge in [0.05, 0.1) is 6.26 Å². The zero-order valence-corrected chi connectivity index (χ0v) is 15.9. The summed E-state index contributed by atoms with van der Waals surface area (Å²) in [4.78, 5) is 37.5. The van der Waals surface area contributed by atoms with Crippen molar-refractivity contribution in [2.75, 3.05) is 0 Å². The van der Waals surface area contributed by atoms with Crippen molar-refractivity contribution in [1.29, 1.82) is 0 Å². The number of esters is 1.